The van der Waals surface area contributed by atoms with Crippen LogP contribution < -0.4 is 5.32 Å². The first-order valence-electron chi connectivity index (χ1n) is 7.63. The molecule has 0 aliphatic heterocycles. The van der Waals surface area contributed by atoms with Crippen LogP contribution in [-0.2, 0) is 0 Å². The van der Waals surface area contributed by atoms with Gasteiger partial charge in [0.05, 0.1) is 0 Å². The van der Waals surface area contributed by atoms with Crippen molar-refractivity contribution in [3.63, 3.8) is 0 Å². The molecule has 2 fully saturated rings. The molecule has 1 N–H and O–H groups in total. The Morgan fingerprint density at radius 1 is 0.875 bits per heavy atom. The van der Waals surface area contributed by atoms with Gasteiger partial charge in [-0.2, -0.15) is 0 Å². The van der Waals surface area contributed by atoms with Crippen molar-refractivity contribution in [2.24, 2.45) is 11.8 Å². The van der Waals surface area contributed by atoms with E-state index in [1.807, 2.05) is 0 Å². The van der Waals surface area contributed by atoms with Crippen LogP contribution in [0.5, 0.6) is 0 Å². The maximum absolute atomic E-state index is 3.75. The fourth-order valence-corrected chi connectivity index (χ4v) is 3.87. The second kappa shape index (κ2) is 6.64. The van der Waals surface area contributed by atoms with E-state index in [0.717, 1.165) is 24.4 Å². The Hall–Kier alpha value is -0.0400. The van der Waals surface area contributed by atoms with E-state index in [-0.39, 0.29) is 0 Å². The summed E-state index contributed by atoms with van der Waals surface area (Å²) in [5.41, 5.74) is 0. The molecule has 0 aromatic heterocycles. The summed E-state index contributed by atoms with van der Waals surface area (Å²) in [4.78, 5) is 0. The number of hydrogen-bond donors (Lipinski definition) is 1. The van der Waals surface area contributed by atoms with Crippen LogP contribution in [0.4, 0.5) is 0 Å². The van der Waals surface area contributed by atoms with E-state index >= 15 is 0 Å². The standard InChI is InChI=1S/C15H29N/c1-2-16-15-11-5-3-4-10-14(15)12-13-8-6-7-9-13/h13-16H,2-12H2,1H3. The summed E-state index contributed by atoms with van der Waals surface area (Å²) in [5.74, 6) is 2.06. The van der Waals surface area contributed by atoms with Crippen molar-refractivity contribution in [3.8, 4) is 0 Å². The Balaban J connectivity index is 1.85. The molecule has 0 aromatic rings. The highest BCUT2D eigenvalue weighted by atomic mass is 14.9. The van der Waals surface area contributed by atoms with Gasteiger partial charge in [-0.15, -0.1) is 0 Å². The lowest BCUT2D eigenvalue weighted by Crippen LogP contribution is -2.36. The van der Waals surface area contributed by atoms with E-state index in [1.54, 1.807) is 0 Å². The van der Waals surface area contributed by atoms with Gasteiger partial charge in [-0.25, -0.2) is 0 Å². The molecule has 0 aromatic carbocycles. The number of hydrogen-bond acceptors (Lipinski definition) is 1. The molecule has 0 heterocycles. The van der Waals surface area contributed by atoms with Crippen LogP contribution in [0.15, 0.2) is 0 Å². The summed E-state index contributed by atoms with van der Waals surface area (Å²) >= 11 is 0. The smallest absolute Gasteiger partial charge is 0.00953 e. The first-order valence-corrected chi connectivity index (χ1v) is 7.63. The van der Waals surface area contributed by atoms with Crippen LogP contribution >= 0.6 is 0 Å². The second-order valence-electron chi connectivity index (χ2n) is 5.95. The van der Waals surface area contributed by atoms with Crippen molar-refractivity contribution in [2.45, 2.75) is 77.2 Å². The van der Waals surface area contributed by atoms with Crippen molar-refractivity contribution >= 4 is 0 Å². The molecular formula is C15H29N. The van der Waals surface area contributed by atoms with Crippen molar-refractivity contribution in [3.05, 3.63) is 0 Å². The highest BCUT2D eigenvalue weighted by Crippen LogP contribution is 2.35. The molecule has 2 aliphatic carbocycles. The lowest BCUT2D eigenvalue weighted by molar-refractivity contribution is 0.276. The minimum Gasteiger partial charge on any atom is -0.314 e. The Bertz CT molecular complexity index is 184. The third-order valence-corrected chi connectivity index (χ3v) is 4.74. The van der Waals surface area contributed by atoms with Gasteiger partial charge in [0.15, 0.2) is 0 Å². The maximum Gasteiger partial charge on any atom is 0.00953 e. The predicted molar refractivity (Wildman–Crippen MR) is 70.6 cm³/mol. The van der Waals surface area contributed by atoms with Crippen molar-refractivity contribution in [1.29, 1.82) is 0 Å². The van der Waals surface area contributed by atoms with Crippen LogP contribution in [0.3, 0.4) is 0 Å². The van der Waals surface area contributed by atoms with Gasteiger partial charge in [-0.3, -0.25) is 0 Å². The number of rotatable bonds is 4. The van der Waals surface area contributed by atoms with Gasteiger partial charge in [0.1, 0.15) is 0 Å². The third kappa shape index (κ3) is 3.48. The molecule has 0 spiro atoms. The number of nitrogens with one attached hydrogen (secondary N) is 1. The van der Waals surface area contributed by atoms with Gasteiger partial charge in [-0.1, -0.05) is 51.9 Å². The first-order chi connectivity index (χ1) is 7.90. The van der Waals surface area contributed by atoms with E-state index in [4.69, 9.17) is 0 Å². The molecule has 2 atom stereocenters. The molecule has 0 amide bonds. The summed E-state index contributed by atoms with van der Waals surface area (Å²) in [6.45, 7) is 3.42. The molecule has 1 nitrogen and oxygen atoms in total. The van der Waals surface area contributed by atoms with Gasteiger partial charge in [0.2, 0.25) is 0 Å². The van der Waals surface area contributed by atoms with Crippen LogP contribution in [0, 0.1) is 11.8 Å². The van der Waals surface area contributed by atoms with Crippen LogP contribution in [0.2, 0.25) is 0 Å². The highest BCUT2D eigenvalue weighted by Gasteiger charge is 2.26. The van der Waals surface area contributed by atoms with Crippen molar-refractivity contribution < 1.29 is 0 Å². The first kappa shape index (κ1) is 12.4. The fraction of sp³-hybridized carbons (Fsp3) is 1.00. The van der Waals surface area contributed by atoms with E-state index < -0.39 is 0 Å². The summed E-state index contributed by atoms with van der Waals surface area (Å²) in [6.07, 6.45) is 14.9. The molecule has 1 heteroatoms. The zero-order valence-corrected chi connectivity index (χ0v) is 11.0. The lowest BCUT2D eigenvalue weighted by atomic mass is 9.85. The zero-order chi connectivity index (χ0) is 11.2. The molecule has 2 saturated carbocycles. The molecule has 16 heavy (non-hydrogen) atoms. The van der Waals surface area contributed by atoms with Gasteiger partial charge in [-0.05, 0) is 37.6 Å². The molecule has 0 saturated heterocycles. The molecule has 2 unspecified atom stereocenters. The van der Waals surface area contributed by atoms with Crippen molar-refractivity contribution in [2.75, 3.05) is 6.54 Å². The molecular weight excluding hydrogens is 194 g/mol. The van der Waals surface area contributed by atoms with Gasteiger partial charge in [0, 0.05) is 6.04 Å². The average molecular weight is 223 g/mol. The molecule has 94 valence electrons. The predicted octanol–water partition coefficient (Wildman–Crippen LogP) is 4.13. The topological polar surface area (TPSA) is 12.0 Å². The van der Waals surface area contributed by atoms with Crippen LogP contribution in [0.1, 0.15) is 71.1 Å². The van der Waals surface area contributed by atoms with Gasteiger partial charge < -0.3 is 5.32 Å². The monoisotopic (exact) mass is 223 g/mol. The minimum atomic E-state index is 0.841. The van der Waals surface area contributed by atoms with Gasteiger partial charge >= 0.3 is 0 Å². The Morgan fingerprint density at radius 2 is 1.56 bits per heavy atom. The lowest BCUT2D eigenvalue weighted by Gasteiger charge is -2.28. The van der Waals surface area contributed by atoms with E-state index in [1.165, 1.54) is 64.2 Å². The van der Waals surface area contributed by atoms with Crippen molar-refractivity contribution in [1.82, 2.24) is 5.32 Å². The van der Waals surface area contributed by atoms with Gasteiger partial charge in [0.25, 0.3) is 0 Å². The van der Waals surface area contributed by atoms with E-state index in [2.05, 4.69) is 12.2 Å². The molecule has 2 rings (SSSR count). The Morgan fingerprint density at radius 3 is 2.31 bits per heavy atom. The normalized spacial score (nSPS) is 32.8. The summed E-state index contributed by atoms with van der Waals surface area (Å²) in [7, 11) is 0. The minimum absolute atomic E-state index is 0.841. The zero-order valence-electron chi connectivity index (χ0n) is 11.0. The van der Waals surface area contributed by atoms with E-state index in [9.17, 15) is 0 Å². The molecule has 2 aliphatic rings. The SMILES string of the molecule is CCNC1CCCCCC1CC1CCCC1. The largest absolute Gasteiger partial charge is 0.314 e. The van der Waals surface area contributed by atoms with Crippen LogP contribution in [0.25, 0.3) is 0 Å². The molecule has 0 bridgehead atoms. The second-order valence-corrected chi connectivity index (χ2v) is 5.95. The maximum atomic E-state index is 3.75. The summed E-state index contributed by atoms with van der Waals surface area (Å²) in [5, 5.41) is 3.75. The van der Waals surface area contributed by atoms with Crippen LogP contribution in [-0.4, -0.2) is 12.6 Å². The summed E-state index contributed by atoms with van der Waals surface area (Å²) < 4.78 is 0. The Kier molecular flexibility index (Phi) is 5.15. The molecule has 0 radical (unpaired) electrons. The third-order valence-electron chi connectivity index (χ3n) is 4.74. The average Bonchev–Trinajstić information content (AvgIpc) is 2.69. The quantitative estimate of drug-likeness (QED) is 0.707. The highest BCUT2D eigenvalue weighted by molar-refractivity contribution is 4.82. The Labute approximate surface area is 101 Å². The fourth-order valence-electron chi connectivity index (χ4n) is 3.87. The van der Waals surface area contributed by atoms with E-state index in [0.29, 0.717) is 0 Å². The summed E-state index contributed by atoms with van der Waals surface area (Å²) in [6, 6.07) is 0.841.